The summed E-state index contributed by atoms with van der Waals surface area (Å²) in [6, 6.07) is 4.46. The number of likely N-dealkylation sites (tertiary alicyclic amines) is 1. The molecule has 0 saturated carbocycles. The number of carbonyl (C=O) groups is 1. The topological polar surface area (TPSA) is 52.2 Å². The molecule has 1 saturated heterocycles. The Labute approximate surface area is 153 Å². The monoisotopic (exact) mass is 358 g/mol. The molecule has 0 bridgehead atoms. The molecule has 4 rings (SSSR count). The van der Waals surface area contributed by atoms with E-state index in [0.29, 0.717) is 12.0 Å². The smallest absolute Gasteiger partial charge is 0.263 e. The van der Waals surface area contributed by atoms with Gasteiger partial charge in [0.25, 0.3) is 5.91 Å². The second-order valence-corrected chi connectivity index (χ2v) is 8.39. The standard InChI is InChI=1S/C19H26N4OS/c1-13(2)18-15-12-23(10-7-16(15)20-21-18)14-5-8-22(9-6-14)19(24)17-4-3-11-25-17/h3-4,11,13-14H,5-10,12H2,1-2H3,(H,20,21). The predicted molar refractivity (Wildman–Crippen MR) is 100 cm³/mol. The minimum atomic E-state index is 0.200. The fraction of sp³-hybridized carbons (Fsp3) is 0.579. The van der Waals surface area contributed by atoms with Crippen LogP contribution in [-0.2, 0) is 13.0 Å². The van der Waals surface area contributed by atoms with Gasteiger partial charge in [-0.25, -0.2) is 0 Å². The van der Waals surface area contributed by atoms with Gasteiger partial charge in [-0.3, -0.25) is 14.8 Å². The molecule has 0 aromatic carbocycles. The average molecular weight is 359 g/mol. The summed E-state index contributed by atoms with van der Waals surface area (Å²) in [5, 5.41) is 9.75. The SMILES string of the molecule is CC(C)c1n[nH]c2c1CN(C1CCN(C(=O)c3cccs3)CC1)CC2. The summed E-state index contributed by atoms with van der Waals surface area (Å²) in [4.78, 5) is 18.0. The van der Waals surface area contributed by atoms with Gasteiger partial charge in [0, 0.05) is 49.9 Å². The number of piperidine rings is 1. The minimum absolute atomic E-state index is 0.200. The van der Waals surface area contributed by atoms with Crippen LogP contribution in [0.2, 0.25) is 0 Å². The second-order valence-electron chi connectivity index (χ2n) is 7.44. The van der Waals surface area contributed by atoms with Gasteiger partial charge in [0.1, 0.15) is 0 Å². The molecule has 0 aliphatic carbocycles. The number of rotatable bonds is 3. The Morgan fingerprint density at radius 3 is 2.80 bits per heavy atom. The number of nitrogens with one attached hydrogen (secondary N) is 1. The average Bonchev–Trinajstić information content (AvgIpc) is 3.30. The van der Waals surface area contributed by atoms with E-state index in [1.807, 2.05) is 22.4 Å². The van der Waals surface area contributed by atoms with Crippen molar-refractivity contribution in [1.82, 2.24) is 20.0 Å². The maximum Gasteiger partial charge on any atom is 0.263 e. The highest BCUT2D eigenvalue weighted by Gasteiger charge is 2.31. The molecule has 0 spiro atoms. The third kappa shape index (κ3) is 3.25. The van der Waals surface area contributed by atoms with Crippen LogP contribution in [0.5, 0.6) is 0 Å². The van der Waals surface area contributed by atoms with Crippen LogP contribution in [-0.4, -0.2) is 51.6 Å². The Balaban J connectivity index is 1.38. The molecule has 1 N–H and O–H groups in total. The number of aromatic amines is 1. The van der Waals surface area contributed by atoms with Crippen LogP contribution in [0.3, 0.4) is 0 Å². The zero-order valence-electron chi connectivity index (χ0n) is 15.0. The van der Waals surface area contributed by atoms with Gasteiger partial charge in [-0.2, -0.15) is 5.10 Å². The molecule has 0 radical (unpaired) electrons. The van der Waals surface area contributed by atoms with Crippen molar-refractivity contribution < 1.29 is 4.79 Å². The Morgan fingerprint density at radius 2 is 2.12 bits per heavy atom. The molecule has 25 heavy (non-hydrogen) atoms. The zero-order valence-corrected chi connectivity index (χ0v) is 15.8. The lowest BCUT2D eigenvalue weighted by molar-refractivity contribution is 0.0603. The first-order valence-electron chi connectivity index (χ1n) is 9.26. The van der Waals surface area contributed by atoms with E-state index in [1.54, 1.807) is 0 Å². The van der Waals surface area contributed by atoms with Gasteiger partial charge in [0.2, 0.25) is 0 Å². The van der Waals surface area contributed by atoms with Crippen LogP contribution >= 0.6 is 11.3 Å². The summed E-state index contributed by atoms with van der Waals surface area (Å²) in [6.45, 7) is 8.26. The molecular weight excluding hydrogens is 332 g/mol. The van der Waals surface area contributed by atoms with Crippen molar-refractivity contribution in [1.29, 1.82) is 0 Å². The normalized spacial score (nSPS) is 19.4. The van der Waals surface area contributed by atoms with Gasteiger partial charge in [-0.15, -0.1) is 11.3 Å². The van der Waals surface area contributed by atoms with Gasteiger partial charge < -0.3 is 4.90 Å². The van der Waals surface area contributed by atoms with E-state index >= 15 is 0 Å². The molecule has 2 aromatic rings. The van der Waals surface area contributed by atoms with Gasteiger partial charge in [-0.1, -0.05) is 19.9 Å². The highest BCUT2D eigenvalue weighted by Crippen LogP contribution is 2.29. The van der Waals surface area contributed by atoms with Crippen LogP contribution in [0.1, 0.15) is 59.2 Å². The lowest BCUT2D eigenvalue weighted by Gasteiger charge is -2.40. The van der Waals surface area contributed by atoms with Crippen molar-refractivity contribution in [3.8, 4) is 0 Å². The lowest BCUT2D eigenvalue weighted by Crippen LogP contribution is -2.48. The van der Waals surface area contributed by atoms with Crippen molar-refractivity contribution in [3.63, 3.8) is 0 Å². The molecule has 134 valence electrons. The maximum absolute atomic E-state index is 12.5. The first-order valence-corrected chi connectivity index (χ1v) is 10.1. The van der Waals surface area contributed by atoms with E-state index in [4.69, 9.17) is 0 Å². The summed E-state index contributed by atoms with van der Waals surface area (Å²) < 4.78 is 0. The predicted octanol–water partition coefficient (Wildman–Crippen LogP) is 3.26. The zero-order chi connectivity index (χ0) is 17.4. The molecule has 0 unspecified atom stereocenters. The molecule has 1 amide bonds. The molecule has 2 aliphatic rings. The number of nitrogens with zero attached hydrogens (tertiary/aromatic N) is 3. The van der Waals surface area contributed by atoms with E-state index in [2.05, 4.69) is 28.9 Å². The highest BCUT2D eigenvalue weighted by atomic mass is 32.1. The summed E-state index contributed by atoms with van der Waals surface area (Å²) in [5.41, 5.74) is 3.97. The molecule has 6 heteroatoms. The molecule has 4 heterocycles. The van der Waals surface area contributed by atoms with Crippen molar-refractivity contribution in [2.24, 2.45) is 0 Å². The molecule has 2 aromatic heterocycles. The number of thiophene rings is 1. The number of amides is 1. The van der Waals surface area contributed by atoms with Crippen LogP contribution in [0.25, 0.3) is 0 Å². The van der Waals surface area contributed by atoms with Crippen LogP contribution in [0.15, 0.2) is 17.5 Å². The van der Waals surface area contributed by atoms with Gasteiger partial charge >= 0.3 is 0 Å². The second kappa shape index (κ2) is 6.92. The minimum Gasteiger partial charge on any atom is -0.338 e. The number of H-pyrrole nitrogens is 1. The Kier molecular flexibility index (Phi) is 4.65. The van der Waals surface area contributed by atoms with Gasteiger partial charge in [0.05, 0.1) is 10.6 Å². The quantitative estimate of drug-likeness (QED) is 0.916. The van der Waals surface area contributed by atoms with Crippen molar-refractivity contribution in [2.45, 2.75) is 51.6 Å². The Hall–Kier alpha value is -1.66. The van der Waals surface area contributed by atoms with Crippen LogP contribution in [0, 0.1) is 0 Å². The van der Waals surface area contributed by atoms with Gasteiger partial charge in [-0.05, 0) is 30.2 Å². The van der Waals surface area contributed by atoms with Crippen molar-refractivity contribution in [3.05, 3.63) is 39.3 Å². The van der Waals surface area contributed by atoms with E-state index in [9.17, 15) is 4.79 Å². The summed E-state index contributed by atoms with van der Waals surface area (Å²) in [7, 11) is 0. The van der Waals surface area contributed by atoms with Crippen LogP contribution < -0.4 is 0 Å². The number of fused-ring (bicyclic) bond motifs is 1. The highest BCUT2D eigenvalue weighted by molar-refractivity contribution is 7.12. The Bertz CT molecular complexity index is 729. The third-order valence-electron chi connectivity index (χ3n) is 5.54. The number of aromatic nitrogens is 2. The number of hydrogen-bond donors (Lipinski definition) is 1. The fourth-order valence-corrected chi connectivity index (χ4v) is 4.81. The largest absolute Gasteiger partial charge is 0.338 e. The number of hydrogen-bond acceptors (Lipinski definition) is 4. The summed E-state index contributed by atoms with van der Waals surface area (Å²) in [6.07, 6.45) is 3.20. The van der Waals surface area contributed by atoms with E-state index in [1.165, 1.54) is 28.3 Å². The fourth-order valence-electron chi connectivity index (χ4n) is 4.12. The molecular formula is C19H26N4OS. The first-order chi connectivity index (χ1) is 12.1. The lowest BCUT2D eigenvalue weighted by atomic mass is 9.95. The summed E-state index contributed by atoms with van der Waals surface area (Å²) in [5.74, 6) is 0.663. The van der Waals surface area contributed by atoms with Crippen molar-refractivity contribution in [2.75, 3.05) is 19.6 Å². The number of carbonyl (C=O) groups excluding carboxylic acids is 1. The molecule has 5 nitrogen and oxygen atoms in total. The van der Waals surface area contributed by atoms with E-state index in [-0.39, 0.29) is 5.91 Å². The Morgan fingerprint density at radius 1 is 1.32 bits per heavy atom. The summed E-state index contributed by atoms with van der Waals surface area (Å²) >= 11 is 1.54. The van der Waals surface area contributed by atoms with Crippen molar-refractivity contribution >= 4 is 17.2 Å². The first kappa shape index (κ1) is 16.8. The van der Waals surface area contributed by atoms with E-state index in [0.717, 1.165) is 50.3 Å². The van der Waals surface area contributed by atoms with Gasteiger partial charge in [0.15, 0.2) is 0 Å². The van der Waals surface area contributed by atoms with Crippen LogP contribution in [0.4, 0.5) is 0 Å². The maximum atomic E-state index is 12.5. The molecule has 1 fully saturated rings. The van der Waals surface area contributed by atoms with E-state index < -0.39 is 0 Å². The third-order valence-corrected chi connectivity index (χ3v) is 6.40. The molecule has 2 aliphatic heterocycles. The molecule has 0 atom stereocenters.